The van der Waals surface area contributed by atoms with Crippen LogP contribution in [0.2, 0.25) is 6.04 Å². The maximum atomic E-state index is 10.9. The molecule has 0 saturated carbocycles. The Morgan fingerprint density at radius 1 is 1.47 bits per heavy atom. The van der Waals surface area contributed by atoms with Crippen molar-refractivity contribution in [2.45, 2.75) is 26.3 Å². The van der Waals surface area contributed by atoms with Crippen molar-refractivity contribution < 1.29 is 23.5 Å². The molecule has 0 amide bonds. The van der Waals surface area contributed by atoms with Crippen LogP contribution < -0.4 is 0 Å². The molecule has 0 aromatic carbocycles. The van der Waals surface area contributed by atoms with Crippen molar-refractivity contribution in [1.29, 1.82) is 0 Å². The molecule has 0 aliphatic heterocycles. The second-order valence-electron chi connectivity index (χ2n) is 3.20. The van der Waals surface area contributed by atoms with Crippen LogP contribution in [0.15, 0.2) is 12.2 Å². The van der Waals surface area contributed by atoms with Crippen molar-refractivity contribution in [3.63, 3.8) is 0 Å². The monoisotopic (exact) mass is 234 g/mol. The van der Waals surface area contributed by atoms with Crippen molar-refractivity contribution in [2.75, 3.05) is 13.2 Å². The Morgan fingerprint density at radius 2 is 2.07 bits per heavy atom. The van der Waals surface area contributed by atoms with Gasteiger partial charge in [0.15, 0.2) is 0 Å². The van der Waals surface area contributed by atoms with Gasteiger partial charge in [0.05, 0.1) is 6.61 Å². The van der Waals surface area contributed by atoms with Crippen molar-refractivity contribution >= 4 is 14.8 Å². The zero-order valence-corrected chi connectivity index (χ0v) is 10.2. The molecule has 6 heteroatoms. The highest BCUT2D eigenvalue weighted by Gasteiger charge is 2.30. The summed E-state index contributed by atoms with van der Waals surface area (Å²) in [6.07, 6.45) is 0.373. The van der Waals surface area contributed by atoms with Gasteiger partial charge in [0.1, 0.15) is 0 Å². The molecule has 88 valence electrons. The lowest BCUT2D eigenvalue weighted by atomic mass is 10.4. The average molecular weight is 234 g/mol. The van der Waals surface area contributed by atoms with Crippen LogP contribution in [0.3, 0.4) is 0 Å². The molecule has 0 fully saturated rings. The molecule has 0 heterocycles. The summed E-state index contributed by atoms with van der Waals surface area (Å²) in [6.45, 7) is 7.08. The molecule has 2 N–H and O–H groups in total. The van der Waals surface area contributed by atoms with Crippen LogP contribution in [-0.2, 0) is 14.0 Å². The number of hydrogen-bond donors (Lipinski definition) is 2. The lowest BCUT2D eigenvalue weighted by Crippen LogP contribution is -2.38. The second kappa shape index (κ2) is 6.73. The van der Waals surface area contributed by atoms with Gasteiger partial charge in [-0.1, -0.05) is 6.58 Å². The van der Waals surface area contributed by atoms with Gasteiger partial charge in [0.2, 0.25) is 0 Å². The lowest BCUT2D eigenvalue weighted by Gasteiger charge is -2.16. The summed E-state index contributed by atoms with van der Waals surface area (Å²) in [7, 11) is -3.52. The van der Waals surface area contributed by atoms with Crippen LogP contribution in [0, 0.1) is 0 Å². The first kappa shape index (κ1) is 14.3. The maximum absolute atomic E-state index is 10.9. The number of rotatable bonds is 7. The Balaban J connectivity index is 3.62. The van der Waals surface area contributed by atoms with E-state index in [0.29, 0.717) is 12.0 Å². The van der Waals surface area contributed by atoms with Gasteiger partial charge in [-0.05, 0) is 20.3 Å². The standard InChI is InChI=1S/C9H18O5Si/c1-4-14-15(11,12)7-5-6-13-9(10)8(2)3/h11-12H,2,4-7H2,1,3H3. The third-order valence-electron chi connectivity index (χ3n) is 1.60. The smallest absolute Gasteiger partial charge is 0.462 e. The molecular weight excluding hydrogens is 216 g/mol. The molecule has 0 rings (SSSR count). The molecule has 0 spiro atoms. The molecule has 0 saturated heterocycles. The molecule has 0 atom stereocenters. The Kier molecular flexibility index (Phi) is 6.42. The predicted molar refractivity (Wildman–Crippen MR) is 57.0 cm³/mol. The normalized spacial score (nSPS) is 11.2. The molecule has 0 aliphatic carbocycles. The van der Waals surface area contributed by atoms with Crippen molar-refractivity contribution in [1.82, 2.24) is 0 Å². The second-order valence-corrected chi connectivity index (χ2v) is 5.47. The molecular formula is C9H18O5Si. The van der Waals surface area contributed by atoms with E-state index < -0.39 is 14.8 Å². The Hall–Kier alpha value is -0.693. The van der Waals surface area contributed by atoms with Gasteiger partial charge >= 0.3 is 14.8 Å². The third-order valence-corrected chi connectivity index (χ3v) is 3.36. The van der Waals surface area contributed by atoms with Crippen molar-refractivity contribution in [3.05, 3.63) is 12.2 Å². The van der Waals surface area contributed by atoms with Gasteiger partial charge in [0, 0.05) is 18.2 Å². The molecule has 15 heavy (non-hydrogen) atoms. The fourth-order valence-corrected chi connectivity index (χ4v) is 2.11. The minimum Gasteiger partial charge on any atom is -0.462 e. The van der Waals surface area contributed by atoms with Crippen LogP contribution >= 0.6 is 0 Å². The summed E-state index contributed by atoms with van der Waals surface area (Å²) in [5.41, 5.74) is 0.330. The first-order chi connectivity index (χ1) is 6.89. The number of carbonyl (C=O) groups is 1. The van der Waals surface area contributed by atoms with E-state index in [1.165, 1.54) is 0 Å². The number of carbonyl (C=O) groups excluding carboxylic acids is 1. The van der Waals surface area contributed by atoms with Crippen LogP contribution in [0.25, 0.3) is 0 Å². The molecule has 5 nitrogen and oxygen atoms in total. The topological polar surface area (TPSA) is 76.0 Å². The van der Waals surface area contributed by atoms with Gasteiger partial charge in [-0.2, -0.15) is 0 Å². The van der Waals surface area contributed by atoms with Crippen LogP contribution in [0.1, 0.15) is 20.3 Å². The molecule has 0 aromatic rings. The largest absolute Gasteiger partial charge is 0.495 e. The van der Waals surface area contributed by atoms with Crippen LogP contribution in [0.4, 0.5) is 0 Å². The van der Waals surface area contributed by atoms with Crippen LogP contribution in [0.5, 0.6) is 0 Å². The van der Waals surface area contributed by atoms with Gasteiger partial charge < -0.3 is 18.8 Å². The highest BCUT2D eigenvalue weighted by molar-refractivity contribution is 6.57. The van der Waals surface area contributed by atoms with E-state index in [1.807, 2.05) is 0 Å². The Bertz CT molecular complexity index is 227. The minimum atomic E-state index is -3.52. The Morgan fingerprint density at radius 3 is 2.53 bits per heavy atom. The van der Waals surface area contributed by atoms with E-state index in [1.54, 1.807) is 13.8 Å². The fourth-order valence-electron chi connectivity index (χ4n) is 0.894. The molecule has 0 aromatic heterocycles. The van der Waals surface area contributed by atoms with Gasteiger partial charge in [-0.3, -0.25) is 0 Å². The van der Waals surface area contributed by atoms with E-state index in [-0.39, 0.29) is 19.3 Å². The summed E-state index contributed by atoms with van der Waals surface area (Å²) >= 11 is 0. The summed E-state index contributed by atoms with van der Waals surface area (Å²) in [6, 6.07) is 0.129. The minimum absolute atomic E-state index is 0.129. The van der Waals surface area contributed by atoms with Crippen LogP contribution in [-0.4, -0.2) is 37.6 Å². The van der Waals surface area contributed by atoms with Gasteiger partial charge in [-0.25, -0.2) is 4.79 Å². The van der Waals surface area contributed by atoms with Crippen molar-refractivity contribution in [2.24, 2.45) is 0 Å². The SMILES string of the molecule is C=C(C)C(=O)OCCC[Si](O)(O)OCC. The highest BCUT2D eigenvalue weighted by atomic mass is 28.4. The van der Waals surface area contributed by atoms with Crippen molar-refractivity contribution in [3.8, 4) is 0 Å². The average Bonchev–Trinajstić information content (AvgIpc) is 2.11. The van der Waals surface area contributed by atoms with Gasteiger partial charge in [0.25, 0.3) is 0 Å². The maximum Gasteiger partial charge on any atom is 0.495 e. The predicted octanol–water partition coefficient (Wildman–Crippen LogP) is 0.456. The summed E-state index contributed by atoms with van der Waals surface area (Å²) in [4.78, 5) is 29.5. The third kappa shape index (κ3) is 7.26. The van der Waals surface area contributed by atoms with Gasteiger partial charge in [-0.15, -0.1) is 0 Å². The van der Waals surface area contributed by atoms with E-state index in [9.17, 15) is 14.4 Å². The first-order valence-electron chi connectivity index (χ1n) is 4.80. The molecule has 0 bridgehead atoms. The lowest BCUT2D eigenvalue weighted by molar-refractivity contribution is -0.139. The zero-order valence-electron chi connectivity index (χ0n) is 9.15. The van der Waals surface area contributed by atoms with E-state index in [0.717, 1.165) is 0 Å². The number of esters is 1. The van der Waals surface area contributed by atoms with E-state index in [4.69, 9.17) is 9.16 Å². The fraction of sp³-hybridized carbons (Fsp3) is 0.667. The molecule has 0 aliphatic rings. The summed E-state index contributed by atoms with van der Waals surface area (Å²) in [5, 5.41) is 0. The number of ether oxygens (including phenoxy) is 1. The zero-order chi connectivity index (χ0) is 11.9. The molecule has 0 unspecified atom stereocenters. The van der Waals surface area contributed by atoms with E-state index in [2.05, 4.69) is 6.58 Å². The number of hydrogen-bond acceptors (Lipinski definition) is 5. The summed E-state index contributed by atoms with van der Waals surface area (Å²) < 4.78 is 9.56. The molecule has 0 radical (unpaired) electrons. The highest BCUT2D eigenvalue weighted by Crippen LogP contribution is 2.07. The Labute approximate surface area is 90.7 Å². The first-order valence-corrected chi connectivity index (χ1v) is 6.81. The quantitative estimate of drug-likeness (QED) is 0.289. The van der Waals surface area contributed by atoms with E-state index >= 15 is 0 Å². The summed E-state index contributed by atoms with van der Waals surface area (Å²) in [5.74, 6) is -0.463.